The van der Waals surface area contributed by atoms with Crippen LogP contribution in [0.3, 0.4) is 0 Å². The summed E-state index contributed by atoms with van der Waals surface area (Å²) in [6.45, 7) is 11.8. The number of hydrogen-bond acceptors (Lipinski definition) is 7. The van der Waals surface area contributed by atoms with E-state index in [0.29, 0.717) is 18.8 Å². The van der Waals surface area contributed by atoms with E-state index in [9.17, 15) is 24.3 Å². The molecule has 4 atom stereocenters. The van der Waals surface area contributed by atoms with Gasteiger partial charge in [-0.3, -0.25) is 19.2 Å². The SMILES string of the molecule is CCC(CC(CC(C)C(=O)O)C(=O)OC1CCC(C)(C)NC1(C)C)C(=O)OC1CCC(/C=C/C(=O)C2CCCCC2)CC1. The minimum absolute atomic E-state index is 0.0670. The smallest absolute Gasteiger partial charge is 0.309 e. The molecule has 0 spiro atoms. The predicted molar refractivity (Wildman–Crippen MR) is 166 cm³/mol. The van der Waals surface area contributed by atoms with Crippen molar-refractivity contribution in [2.75, 3.05) is 0 Å². The fourth-order valence-electron chi connectivity index (χ4n) is 7.31. The summed E-state index contributed by atoms with van der Waals surface area (Å²) >= 11 is 0. The molecule has 43 heavy (non-hydrogen) atoms. The molecule has 0 aromatic heterocycles. The number of ether oxygens (including phenoxy) is 2. The molecule has 2 aliphatic carbocycles. The second-order valence-electron chi connectivity index (χ2n) is 14.8. The van der Waals surface area contributed by atoms with Crippen LogP contribution in [0.25, 0.3) is 0 Å². The van der Waals surface area contributed by atoms with Crippen molar-refractivity contribution in [3.63, 3.8) is 0 Å². The van der Waals surface area contributed by atoms with E-state index in [1.807, 2.05) is 20.8 Å². The lowest BCUT2D eigenvalue weighted by Crippen LogP contribution is -2.63. The van der Waals surface area contributed by atoms with Crippen molar-refractivity contribution in [2.45, 2.75) is 155 Å². The lowest BCUT2D eigenvalue weighted by atomic mass is 9.80. The van der Waals surface area contributed by atoms with Crippen LogP contribution in [0.2, 0.25) is 0 Å². The monoisotopic (exact) mass is 603 g/mol. The molecule has 3 rings (SSSR count). The minimum atomic E-state index is -0.971. The zero-order chi connectivity index (χ0) is 31.8. The molecule has 1 heterocycles. The first-order valence-corrected chi connectivity index (χ1v) is 16.9. The highest BCUT2D eigenvalue weighted by Crippen LogP contribution is 2.34. The highest BCUT2D eigenvalue weighted by Gasteiger charge is 2.43. The maximum atomic E-state index is 13.5. The van der Waals surface area contributed by atoms with Gasteiger partial charge in [0.05, 0.1) is 23.3 Å². The largest absolute Gasteiger partial charge is 0.481 e. The van der Waals surface area contributed by atoms with Gasteiger partial charge in [-0.05, 0) is 110 Å². The second kappa shape index (κ2) is 15.7. The van der Waals surface area contributed by atoms with Gasteiger partial charge in [-0.2, -0.15) is 0 Å². The van der Waals surface area contributed by atoms with Gasteiger partial charge >= 0.3 is 17.9 Å². The maximum Gasteiger partial charge on any atom is 0.309 e. The molecule has 244 valence electrons. The third-order valence-electron chi connectivity index (χ3n) is 10.1. The van der Waals surface area contributed by atoms with Gasteiger partial charge in [0.1, 0.15) is 12.2 Å². The van der Waals surface area contributed by atoms with Crippen molar-refractivity contribution >= 4 is 23.7 Å². The minimum Gasteiger partial charge on any atom is -0.481 e. The van der Waals surface area contributed by atoms with E-state index < -0.39 is 35.2 Å². The van der Waals surface area contributed by atoms with Crippen LogP contribution in [0.15, 0.2) is 12.2 Å². The van der Waals surface area contributed by atoms with E-state index in [2.05, 4.69) is 25.2 Å². The Bertz CT molecular complexity index is 988. The molecule has 8 nitrogen and oxygen atoms in total. The Morgan fingerprint density at radius 3 is 2.07 bits per heavy atom. The maximum absolute atomic E-state index is 13.5. The molecule has 1 aliphatic heterocycles. The second-order valence-corrected chi connectivity index (χ2v) is 14.8. The van der Waals surface area contributed by atoms with Gasteiger partial charge in [0.15, 0.2) is 5.78 Å². The Labute approximate surface area is 259 Å². The molecule has 0 radical (unpaired) electrons. The molecule has 2 saturated carbocycles. The highest BCUT2D eigenvalue weighted by molar-refractivity contribution is 5.91. The lowest BCUT2D eigenvalue weighted by Gasteiger charge is -2.47. The summed E-state index contributed by atoms with van der Waals surface area (Å²) in [5.74, 6) is -2.92. The van der Waals surface area contributed by atoms with Crippen molar-refractivity contribution in [3.05, 3.63) is 12.2 Å². The number of carbonyl (C=O) groups is 4. The Balaban J connectivity index is 1.55. The van der Waals surface area contributed by atoms with E-state index in [4.69, 9.17) is 9.47 Å². The first-order chi connectivity index (χ1) is 20.2. The standard InChI is InChI=1S/C35H57NO7/c1-7-25(32(40)42-28-16-13-24(14-17-28)15-18-29(37)26-11-9-8-10-12-26)22-27(21-23(2)31(38)39)33(41)43-30-19-20-34(3,4)36-35(30,5)6/h15,18,23-28,30,36H,7-14,16-17,19-22H2,1-6H3,(H,38,39)/b18-15+. The average molecular weight is 604 g/mol. The van der Waals surface area contributed by atoms with Crippen LogP contribution in [0.4, 0.5) is 0 Å². The summed E-state index contributed by atoms with van der Waals surface area (Å²) in [4.78, 5) is 51.0. The zero-order valence-electron chi connectivity index (χ0n) is 27.5. The number of hydrogen-bond donors (Lipinski definition) is 2. The van der Waals surface area contributed by atoms with Crippen molar-refractivity contribution < 1.29 is 33.8 Å². The normalized spacial score (nSPS) is 28.0. The van der Waals surface area contributed by atoms with E-state index in [0.717, 1.165) is 57.8 Å². The molecule has 2 N–H and O–H groups in total. The molecule has 0 aromatic rings. The molecule has 0 amide bonds. The molecule has 8 heteroatoms. The number of aliphatic carboxylic acids is 1. The first-order valence-electron chi connectivity index (χ1n) is 16.9. The van der Waals surface area contributed by atoms with Crippen LogP contribution in [0.5, 0.6) is 0 Å². The quantitative estimate of drug-likeness (QED) is 0.174. The predicted octanol–water partition coefficient (Wildman–Crippen LogP) is 6.79. The number of ketones is 1. The molecule has 3 fully saturated rings. The Kier molecular flexibility index (Phi) is 12.9. The van der Waals surface area contributed by atoms with Crippen molar-refractivity contribution in [1.29, 1.82) is 0 Å². The first kappa shape index (κ1) is 35.3. The van der Waals surface area contributed by atoms with E-state index in [-0.39, 0.29) is 48.3 Å². The molecular weight excluding hydrogens is 546 g/mol. The number of nitrogens with one attached hydrogen (secondary N) is 1. The number of carbonyl (C=O) groups excluding carboxylic acids is 3. The van der Waals surface area contributed by atoms with Gasteiger partial charge < -0.3 is 19.9 Å². The van der Waals surface area contributed by atoms with E-state index in [1.165, 1.54) is 6.42 Å². The lowest BCUT2D eigenvalue weighted by molar-refractivity contribution is -0.165. The number of carboxylic acid groups (broad SMARTS) is 1. The summed E-state index contributed by atoms with van der Waals surface area (Å²) in [7, 11) is 0. The number of piperidine rings is 1. The van der Waals surface area contributed by atoms with Crippen molar-refractivity contribution in [3.8, 4) is 0 Å². The van der Waals surface area contributed by atoms with Crippen LogP contribution in [0.1, 0.15) is 131 Å². The molecular formula is C35H57NO7. The molecule has 4 unspecified atom stereocenters. The molecule has 1 saturated heterocycles. The van der Waals surface area contributed by atoms with Gasteiger partial charge in [-0.1, -0.05) is 39.2 Å². The zero-order valence-corrected chi connectivity index (χ0v) is 27.5. The van der Waals surface area contributed by atoms with Crippen LogP contribution < -0.4 is 5.32 Å². The average Bonchev–Trinajstić information content (AvgIpc) is 2.95. The molecule has 0 bridgehead atoms. The third-order valence-corrected chi connectivity index (χ3v) is 10.1. The summed E-state index contributed by atoms with van der Waals surface area (Å²) in [6.07, 6.45) is 14.5. The van der Waals surface area contributed by atoms with Gasteiger partial charge in [0.2, 0.25) is 0 Å². The Morgan fingerprint density at radius 2 is 1.49 bits per heavy atom. The number of allylic oxidation sites excluding steroid dienone is 2. The van der Waals surface area contributed by atoms with Crippen LogP contribution in [0, 0.1) is 29.6 Å². The third kappa shape index (κ3) is 10.7. The van der Waals surface area contributed by atoms with Gasteiger partial charge in [-0.15, -0.1) is 0 Å². The van der Waals surface area contributed by atoms with Crippen LogP contribution >= 0.6 is 0 Å². The molecule has 3 aliphatic rings. The number of carboxylic acids is 1. The Morgan fingerprint density at radius 1 is 0.860 bits per heavy atom. The van der Waals surface area contributed by atoms with Gasteiger partial charge in [0.25, 0.3) is 0 Å². The summed E-state index contributed by atoms with van der Waals surface area (Å²) in [6, 6.07) is 0. The van der Waals surface area contributed by atoms with E-state index in [1.54, 1.807) is 13.0 Å². The fourth-order valence-corrected chi connectivity index (χ4v) is 7.31. The van der Waals surface area contributed by atoms with Crippen LogP contribution in [-0.4, -0.2) is 52.1 Å². The van der Waals surface area contributed by atoms with Gasteiger partial charge in [0, 0.05) is 11.5 Å². The summed E-state index contributed by atoms with van der Waals surface area (Å²) in [5, 5.41) is 13.1. The number of esters is 2. The number of rotatable bonds is 13. The van der Waals surface area contributed by atoms with E-state index >= 15 is 0 Å². The van der Waals surface area contributed by atoms with Crippen LogP contribution in [-0.2, 0) is 28.7 Å². The summed E-state index contributed by atoms with van der Waals surface area (Å²) < 4.78 is 12.0. The summed E-state index contributed by atoms with van der Waals surface area (Å²) in [5.41, 5.74) is -0.497. The van der Waals surface area contributed by atoms with Crippen molar-refractivity contribution in [1.82, 2.24) is 5.32 Å². The fraction of sp³-hybridized carbons (Fsp3) is 0.829. The topological polar surface area (TPSA) is 119 Å². The highest BCUT2D eigenvalue weighted by atomic mass is 16.6. The van der Waals surface area contributed by atoms with Crippen molar-refractivity contribution in [2.24, 2.45) is 29.6 Å². The Hall–Kier alpha value is -2.22. The molecule has 0 aromatic carbocycles. The van der Waals surface area contributed by atoms with Gasteiger partial charge in [-0.25, -0.2) is 0 Å².